The summed E-state index contributed by atoms with van der Waals surface area (Å²) in [5.74, 6) is 0. The number of H-pyrrole nitrogens is 2. The maximum absolute atomic E-state index is 13.0. The molecule has 0 saturated carbocycles. The van der Waals surface area contributed by atoms with Crippen molar-refractivity contribution in [1.29, 1.82) is 0 Å². The standard InChI is InChI=1S/C20H12N2O5S.Na/c23-19-10-4-1-2-6-14(10)21-15-8-13-16(9-12(15)19)22-18-11(20(13)24)5-3-7-17(18)28(25,26)27;/h1-9H,(H,21,23)(H,22,24)(H,25,26,27);/q;+1/p-1. The summed E-state index contributed by atoms with van der Waals surface area (Å²) in [4.78, 5) is 31.3. The van der Waals surface area contributed by atoms with Gasteiger partial charge < -0.3 is 14.5 Å². The molecule has 0 aliphatic carbocycles. The van der Waals surface area contributed by atoms with Gasteiger partial charge in [0, 0.05) is 27.1 Å². The molecule has 0 aliphatic heterocycles. The van der Waals surface area contributed by atoms with Gasteiger partial charge in [-0.2, -0.15) is 0 Å². The fourth-order valence-electron chi connectivity index (χ4n) is 3.60. The molecule has 2 N–H and O–H groups in total. The predicted molar refractivity (Wildman–Crippen MR) is 106 cm³/mol. The van der Waals surface area contributed by atoms with Crippen LogP contribution in [-0.2, 0) is 10.1 Å². The predicted octanol–water partition coefficient (Wildman–Crippen LogP) is -0.416. The van der Waals surface area contributed by atoms with Gasteiger partial charge in [-0.1, -0.05) is 18.2 Å². The number of hydrogen-bond acceptors (Lipinski definition) is 5. The number of pyridine rings is 2. The van der Waals surface area contributed by atoms with Gasteiger partial charge in [0.2, 0.25) is 0 Å². The molecule has 0 spiro atoms. The van der Waals surface area contributed by atoms with Gasteiger partial charge in [0.05, 0.1) is 21.4 Å². The van der Waals surface area contributed by atoms with Crippen molar-refractivity contribution in [2.45, 2.75) is 4.90 Å². The topological polar surface area (TPSA) is 123 Å². The van der Waals surface area contributed by atoms with Crippen LogP contribution in [0, 0.1) is 0 Å². The summed E-state index contributed by atoms with van der Waals surface area (Å²) >= 11 is 0. The van der Waals surface area contributed by atoms with Crippen molar-refractivity contribution >= 4 is 53.7 Å². The molecule has 0 bridgehead atoms. The zero-order valence-electron chi connectivity index (χ0n) is 15.1. The first-order chi connectivity index (χ1) is 13.3. The van der Waals surface area contributed by atoms with Crippen molar-refractivity contribution in [2.24, 2.45) is 0 Å². The Morgan fingerprint density at radius 1 is 0.690 bits per heavy atom. The molecule has 2 aromatic heterocycles. The molecule has 2 heterocycles. The van der Waals surface area contributed by atoms with Crippen LogP contribution < -0.4 is 40.4 Å². The largest absolute Gasteiger partial charge is 1.00 e. The van der Waals surface area contributed by atoms with Gasteiger partial charge in [0.25, 0.3) is 0 Å². The third-order valence-electron chi connectivity index (χ3n) is 4.89. The Balaban J connectivity index is 0.00000205. The Morgan fingerprint density at radius 2 is 1.28 bits per heavy atom. The first-order valence-electron chi connectivity index (χ1n) is 8.34. The Morgan fingerprint density at radius 3 is 1.97 bits per heavy atom. The number of nitrogens with one attached hydrogen (secondary N) is 2. The number of aromatic amines is 2. The van der Waals surface area contributed by atoms with Gasteiger partial charge in [-0.25, -0.2) is 8.42 Å². The zero-order valence-corrected chi connectivity index (χ0v) is 18.0. The van der Waals surface area contributed by atoms with Gasteiger partial charge in [-0.05, 0) is 36.4 Å². The zero-order chi connectivity index (χ0) is 19.6. The van der Waals surface area contributed by atoms with Crippen LogP contribution in [-0.4, -0.2) is 22.9 Å². The third-order valence-corrected chi connectivity index (χ3v) is 5.77. The molecule has 7 nitrogen and oxygen atoms in total. The number of rotatable bonds is 1. The van der Waals surface area contributed by atoms with Crippen molar-refractivity contribution in [2.75, 3.05) is 0 Å². The van der Waals surface area contributed by atoms with E-state index in [1.165, 1.54) is 18.2 Å². The summed E-state index contributed by atoms with van der Waals surface area (Å²) in [6.45, 7) is 0. The number of aromatic nitrogens is 2. The second-order valence-corrected chi connectivity index (χ2v) is 7.88. The first-order valence-corrected chi connectivity index (χ1v) is 9.75. The third kappa shape index (κ3) is 3.00. The smallest absolute Gasteiger partial charge is 0.744 e. The van der Waals surface area contributed by atoms with E-state index in [0.717, 1.165) is 6.07 Å². The number of hydrogen-bond donors (Lipinski definition) is 2. The fourth-order valence-corrected chi connectivity index (χ4v) is 4.26. The van der Waals surface area contributed by atoms with E-state index in [4.69, 9.17) is 0 Å². The summed E-state index contributed by atoms with van der Waals surface area (Å²) in [7, 11) is -4.78. The van der Waals surface area contributed by atoms with E-state index in [9.17, 15) is 22.6 Å². The number of para-hydroxylation sites is 2. The van der Waals surface area contributed by atoms with Gasteiger partial charge in [0.1, 0.15) is 10.1 Å². The molecule has 0 atom stereocenters. The maximum Gasteiger partial charge on any atom is 1.00 e. The van der Waals surface area contributed by atoms with Crippen LogP contribution >= 0.6 is 0 Å². The minimum Gasteiger partial charge on any atom is -0.744 e. The van der Waals surface area contributed by atoms with Crippen molar-refractivity contribution < 1.29 is 42.5 Å². The van der Waals surface area contributed by atoms with Crippen LogP contribution in [0.25, 0.3) is 43.6 Å². The van der Waals surface area contributed by atoms with Gasteiger partial charge in [-0.15, -0.1) is 0 Å². The van der Waals surface area contributed by atoms with Crippen LogP contribution in [0.2, 0.25) is 0 Å². The minimum atomic E-state index is -4.78. The van der Waals surface area contributed by atoms with E-state index in [1.54, 1.807) is 30.3 Å². The van der Waals surface area contributed by atoms with Crippen molar-refractivity contribution in [3.8, 4) is 0 Å². The summed E-state index contributed by atoms with van der Waals surface area (Å²) in [6, 6.07) is 14.1. The van der Waals surface area contributed by atoms with E-state index >= 15 is 0 Å². The summed E-state index contributed by atoms with van der Waals surface area (Å²) in [5.41, 5.74) is 0.723. The van der Waals surface area contributed by atoms with Gasteiger partial charge >= 0.3 is 29.6 Å². The Labute approximate surface area is 185 Å². The molecule has 5 aromatic rings. The molecule has 0 fully saturated rings. The van der Waals surface area contributed by atoms with E-state index in [2.05, 4.69) is 9.97 Å². The second kappa shape index (κ2) is 6.79. The fraction of sp³-hybridized carbons (Fsp3) is 0. The van der Waals surface area contributed by atoms with E-state index < -0.39 is 20.4 Å². The van der Waals surface area contributed by atoms with Crippen LogP contribution in [0.5, 0.6) is 0 Å². The normalized spacial score (nSPS) is 11.9. The molecule has 29 heavy (non-hydrogen) atoms. The van der Waals surface area contributed by atoms with Gasteiger partial charge in [-0.3, -0.25) is 9.59 Å². The molecule has 9 heteroatoms. The SMILES string of the molecule is O=c1c2ccccc2[nH]c2cc3c(=O)c4cccc(S(=O)(=O)[O-])c4[nH]c3cc12.[Na+]. The molecule has 3 aromatic carbocycles. The molecule has 0 radical (unpaired) electrons. The number of benzene rings is 3. The molecule has 0 aliphatic rings. The van der Waals surface area contributed by atoms with Crippen LogP contribution in [0.1, 0.15) is 0 Å². The second-order valence-electron chi connectivity index (χ2n) is 6.53. The monoisotopic (exact) mass is 414 g/mol. The first kappa shape index (κ1) is 19.8. The summed E-state index contributed by atoms with van der Waals surface area (Å²) in [6.07, 6.45) is 0. The quantitative estimate of drug-likeness (QED) is 0.219. The average molecular weight is 414 g/mol. The average Bonchev–Trinajstić information content (AvgIpc) is 2.67. The Hall–Kier alpha value is -2.49. The summed E-state index contributed by atoms with van der Waals surface area (Å²) in [5, 5.41) is 1.22. The van der Waals surface area contributed by atoms with E-state index in [0.29, 0.717) is 21.8 Å². The number of fused-ring (bicyclic) bond motifs is 4. The molecule has 138 valence electrons. The molecular weight excluding hydrogens is 403 g/mol. The van der Waals surface area contributed by atoms with E-state index in [-0.39, 0.29) is 56.8 Å². The molecule has 0 unspecified atom stereocenters. The minimum absolute atomic E-state index is 0. The van der Waals surface area contributed by atoms with Crippen molar-refractivity contribution in [3.05, 3.63) is 75.0 Å². The van der Waals surface area contributed by atoms with Crippen LogP contribution in [0.4, 0.5) is 0 Å². The van der Waals surface area contributed by atoms with Crippen molar-refractivity contribution in [3.63, 3.8) is 0 Å². The van der Waals surface area contributed by atoms with Gasteiger partial charge in [0.15, 0.2) is 10.9 Å². The maximum atomic E-state index is 13.0. The van der Waals surface area contributed by atoms with Crippen LogP contribution in [0.15, 0.2) is 69.1 Å². The Kier molecular flexibility index (Phi) is 4.64. The Bertz CT molecular complexity index is 1690. The van der Waals surface area contributed by atoms with Crippen molar-refractivity contribution in [1.82, 2.24) is 9.97 Å². The molecule has 5 rings (SSSR count). The molecule has 0 saturated heterocycles. The summed E-state index contributed by atoms with van der Waals surface area (Å²) < 4.78 is 34.7. The van der Waals surface area contributed by atoms with E-state index in [1.807, 2.05) is 0 Å². The van der Waals surface area contributed by atoms with Crippen LogP contribution in [0.3, 0.4) is 0 Å². The molecular formula is C20H11N2NaO5S. The molecule has 0 amide bonds.